The minimum atomic E-state index is -1.14. The molecule has 3 heterocycles. The van der Waals surface area contributed by atoms with Crippen molar-refractivity contribution in [1.29, 1.82) is 0 Å². The lowest BCUT2D eigenvalue weighted by atomic mass is 9.88. The van der Waals surface area contributed by atoms with Crippen LogP contribution in [0.4, 0.5) is 17.5 Å². The molecule has 5 N–H and O–H groups in total. The molecule has 0 amide bonds. The van der Waals surface area contributed by atoms with Crippen LogP contribution in [0, 0.1) is 26.7 Å². The average Bonchev–Trinajstić information content (AvgIpc) is 3.34. The lowest BCUT2D eigenvalue weighted by molar-refractivity contribution is -0.0601. The molecule has 3 aromatic heterocycles. The molecule has 4 unspecified atom stereocenters. The summed E-state index contributed by atoms with van der Waals surface area (Å²) in [4.78, 5) is 18.8. The second kappa shape index (κ2) is 9.60. The minimum Gasteiger partial charge on any atom is -0.390 e. The zero-order valence-electron chi connectivity index (χ0n) is 21.5. The molecular weight excluding hydrogens is 488 g/mol. The number of nitrogens with one attached hydrogen (secondary N) is 2. The largest absolute Gasteiger partial charge is 0.390 e. The van der Waals surface area contributed by atoms with Crippen LogP contribution in [0.1, 0.15) is 37.4 Å². The molecule has 0 bridgehead atoms. The van der Waals surface area contributed by atoms with Gasteiger partial charge in [0.1, 0.15) is 16.9 Å². The third kappa shape index (κ3) is 5.15. The van der Waals surface area contributed by atoms with E-state index in [1.54, 1.807) is 25.2 Å². The highest BCUT2D eigenvalue weighted by Gasteiger charge is 2.48. The van der Waals surface area contributed by atoms with Gasteiger partial charge in [-0.05, 0) is 65.3 Å². The third-order valence-corrected chi connectivity index (χ3v) is 7.90. The normalized spacial score (nSPS) is 21.9. The number of benzene rings is 1. The molecule has 9 nitrogen and oxygen atoms in total. The van der Waals surface area contributed by atoms with Gasteiger partial charge in [0.25, 0.3) is 0 Å². The fourth-order valence-corrected chi connectivity index (χ4v) is 6.12. The molecule has 1 aromatic carbocycles. The Morgan fingerprint density at radius 3 is 2.30 bits per heavy atom. The van der Waals surface area contributed by atoms with E-state index >= 15 is 0 Å². The summed E-state index contributed by atoms with van der Waals surface area (Å²) in [5, 5.41) is 39.5. The second-order valence-corrected chi connectivity index (χ2v) is 11.4. The molecule has 1 fully saturated rings. The molecule has 4 aromatic rings. The summed E-state index contributed by atoms with van der Waals surface area (Å²) >= 11 is 1.54. The van der Waals surface area contributed by atoms with Crippen LogP contribution < -0.4 is 10.6 Å². The van der Waals surface area contributed by atoms with Crippen LogP contribution in [0.3, 0.4) is 0 Å². The summed E-state index contributed by atoms with van der Waals surface area (Å²) in [6, 6.07) is 11.2. The predicted molar refractivity (Wildman–Crippen MR) is 146 cm³/mol. The zero-order valence-corrected chi connectivity index (χ0v) is 22.3. The van der Waals surface area contributed by atoms with Gasteiger partial charge in [-0.25, -0.2) is 9.97 Å². The molecule has 194 valence electrons. The molecule has 1 aliphatic rings. The number of aliphatic hydroxyl groups excluding tert-OH is 2. The molecule has 1 aliphatic carbocycles. The summed E-state index contributed by atoms with van der Waals surface area (Å²) in [6.45, 7) is 9.07. The van der Waals surface area contributed by atoms with Gasteiger partial charge in [-0.1, -0.05) is 12.1 Å². The van der Waals surface area contributed by atoms with Gasteiger partial charge in [-0.15, -0.1) is 11.3 Å². The molecule has 0 saturated heterocycles. The number of aromatic nitrogens is 4. The summed E-state index contributed by atoms with van der Waals surface area (Å²) < 4.78 is 1.05. The van der Waals surface area contributed by atoms with Crippen molar-refractivity contribution in [1.82, 2.24) is 19.9 Å². The van der Waals surface area contributed by atoms with Crippen molar-refractivity contribution in [2.75, 3.05) is 10.6 Å². The van der Waals surface area contributed by atoms with Crippen molar-refractivity contribution in [3.63, 3.8) is 0 Å². The number of fused-ring (bicyclic) bond motifs is 1. The van der Waals surface area contributed by atoms with Crippen LogP contribution in [-0.2, 0) is 0 Å². The number of para-hydroxylation sites is 1. The molecule has 37 heavy (non-hydrogen) atoms. The Morgan fingerprint density at radius 2 is 1.65 bits per heavy atom. The standard InChI is InChI=1S/C27H32N6O3S/c1-13-10-16(11-14(2)28-13)30-26-29-15(3)21(25-32-18-8-6-7-9-20(18)37-25)24(33-26)31-19-12-17(27(4,5)36)22(34)23(19)35/h6-11,17,19,22-23,34-36H,12H2,1-5H3,(H2,28,29,30,31,33). The van der Waals surface area contributed by atoms with Crippen molar-refractivity contribution in [3.8, 4) is 10.6 Å². The number of nitrogens with zero attached hydrogens (tertiary/aromatic N) is 4. The third-order valence-electron chi connectivity index (χ3n) is 6.85. The van der Waals surface area contributed by atoms with E-state index in [4.69, 9.17) is 15.0 Å². The topological polar surface area (TPSA) is 136 Å². The first-order chi connectivity index (χ1) is 17.5. The molecular formula is C27H32N6O3S. The molecule has 5 rings (SSSR count). The fraction of sp³-hybridized carbons (Fsp3) is 0.407. The Bertz CT molecular complexity index is 1400. The van der Waals surface area contributed by atoms with E-state index in [1.807, 2.05) is 57.2 Å². The Labute approximate surface area is 219 Å². The van der Waals surface area contributed by atoms with Crippen LogP contribution in [-0.4, -0.2) is 59.1 Å². The quantitative estimate of drug-likeness (QED) is 0.254. The SMILES string of the molecule is Cc1cc(Nc2nc(C)c(-c3nc4ccccc4s3)c(NC3CC(C(C)(C)O)C(O)C3O)n2)cc(C)n1. The molecule has 10 heteroatoms. The van der Waals surface area contributed by atoms with E-state index in [-0.39, 0.29) is 0 Å². The van der Waals surface area contributed by atoms with E-state index in [9.17, 15) is 15.3 Å². The Morgan fingerprint density at radius 1 is 0.946 bits per heavy atom. The number of aryl methyl sites for hydroxylation is 3. The van der Waals surface area contributed by atoms with E-state index in [0.717, 1.165) is 37.9 Å². The summed E-state index contributed by atoms with van der Waals surface area (Å²) in [7, 11) is 0. The number of thiazole rings is 1. The van der Waals surface area contributed by atoms with Crippen molar-refractivity contribution in [2.24, 2.45) is 5.92 Å². The first-order valence-corrected chi connectivity index (χ1v) is 13.1. The first-order valence-electron chi connectivity index (χ1n) is 12.3. The van der Waals surface area contributed by atoms with Crippen molar-refractivity contribution in [2.45, 2.75) is 64.9 Å². The number of aliphatic hydroxyl groups is 3. The fourth-order valence-electron chi connectivity index (χ4n) is 5.06. The van der Waals surface area contributed by atoms with Gasteiger partial charge in [-0.2, -0.15) is 4.98 Å². The van der Waals surface area contributed by atoms with E-state index in [0.29, 0.717) is 23.9 Å². The highest BCUT2D eigenvalue weighted by Crippen LogP contribution is 2.40. The zero-order chi connectivity index (χ0) is 26.5. The van der Waals surface area contributed by atoms with Crippen molar-refractivity contribution >= 4 is 39.0 Å². The highest BCUT2D eigenvalue weighted by atomic mass is 32.1. The number of hydrogen-bond acceptors (Lipinski definition) is 10. The smallest absolute Gasteiger partial charge is 0.229 e. The maximum absolute atomic E-state index is 10.9. The summed E-state index contributed by atoms with van der Waals surface area (Å²) in [5.74, 6) is 0.403. The number of pyridine rings is 1. The van der Waals surface area contributed by atoms with Gasteiger partial charge in [-0.3, -0.25) is 4.98 Å². The van der Waals surface area contributed by atoms with Crippen molar-refractivity contribution in [3.05, 3.63) is 53.5 Å². The van der Waals surface area contributed by atoms with Gasteiger partial charge < -0.3 is 26.0 Å². The van der Waals surface area contributed by atoms with E-state index in [2.05, 4.69) is 15.6 Å². The Hall–Kier alpha value is -3.18. The molecule has 0 spiro atoms. The van der Waals surface area contributed by atoms with Crippen LogP contribution in [0.2, 0.25) is 0 Å². The lowest BCUT2D eigenvalue weighted by Gasteiger charge is -2.28. The van der Waals surface area contributed by atoms with Gasteiger partial charge in [0.15, 0.2) is 0 Å². The van der Waals surface area contributed by atoms with Crippen LogP contribution in [0.25, 0.3) is 20.8 Å². The second-order valence-electron chi connectivity index (χ2n) is 10.3. The Balaban J connectivity index is 1.57. The number of hydrogen-bond donors (Lipinski definition) is 5. The average molecular weight is 521 g/mol. The van der Waals surface area contributed by atoms with E-state index < -0.39 is 29.8 Å². The van der Waals surface area contributed by atoms with Crippen molar-refractivity contribution < 1.29 is 15.3 Å². The molecule has 0 radical (unpaired) electrons. The highest BCUT2D eigenvalue weighted by molar-refractivity contribution is 7.21. The maximum atomic E-state index is 10.9. The lowest BCUT2D eigenvalue weighted by Crippen LogP contribution is -2.40. The first kappa shape index (κ1) is 25.5. The molecule has 0 aliphatic heterocycles. The summed E-state index contributed by atoms with van der Waals surface area (Å²) in [6.07, 6.45) is -1.76. The van der Waals surface area contributed by atoms with Gasteiger partial charge in [0.05, 0.1) is 39.2 Å². The monoisotopic (exact) mass is 520 g/mol. The van der Waals surface area contributed by atoms with Gasteiger partial charge >= 0.3 is 0 Å². The Kier molecular flexibility index (Phi) is 6.61. The van der Waals surface area contributed by atoms with Crippen LogP contribution in [0.15, 0.2) is 36.4 Å². The van der Waals surface area contributed by atoms with Gasteiger partial charge in [0.2, 0.25) is 5.95 Å². The van der Waals surface area contributed by atoms with Gasteiger partial charge in [0, 0.05) is 23.0 Å². The van der Waals surface area contributed by atoms with Crippen LogP contribution >= 0.6 is 11.3 Å². The molecule has 1 saturated carbocycles. The van der Waals surface area contributed by atoms with Crippen LogP contribution in [0.5, 0.6) is 0 Å². The molecule has 4 atom stereocenters. The number of rotatable bonds is 6. The van der Waals surface area contributed by atoms with E-state index in [1.165, 1.54) is 0 Å². The summed E-state index contributed by atoms with van der Waals surface area (Å²) in [5.41, 5.74) is 3.78. The minimum absolute atomic E-state index is 0.375. The number of anilines is 3. The predicted octanol–water partition coefficient (Wildman–Crippen LogP) is 4.11. The maximum Gasteiger partial charge on any atom is 0.229 e.